The molecule has 5 nitrogen and oxygen atoms in total. The molecule has 0 aliphatic heterocycles. The van der Waals surface area contributed by atoms with E-state index >= 15 is 0 Å². The van der Waals surface area contributed by atoms with Crippen LogP contribution in [0.2, 0.25) is 0 Å². The molecule has 0 saturated carbocycles. The summed E-state index contributed by atoms with van der Waals surface area (Å²) in [5, 5.41) is 10.3. The van der Waals surface area contributed by atoms with Crippen molar-refractivity contribution in [2.24, 2.45) is 5.41 Å². The zero-order valence-electron chi connectivity index (χ0n) is 20.9. The first-order valence-electron chi connectivity index (χ1n) is 11.1. The highest BCUT2D eigenvalue weighted by molar-refractivity contribution is 9.10. The molecule has 0 aliphatic carbocycles. The predicted molar refractivity (Wildman–Crippen MR) is 137 cm³/mol. The Balaban J connectivity index is 2.16. The average Bonchev–Trinajstić information content (AvgIpc) is 2.65. The molecule has 1 N–H and O–H groups in total. The minimum absolute atomic E-state index is 0.215. The van der Waals surface area contributed by atoms with E-state index in [-0.39, 0.29) is 24.8 Å². The monoisotopic (exact) mass is 538 g/mol. The van der Waals surface area contributed by atoms with Gasteiger partial charge in [0.2, 0.25) is 7.37 Å². The minimum Gasteiger partial charge on any atom is -0.506 e. The fourth-order valence-electron chi connectivity index (χ4n) is 3.66. The molecule has 0 saturated heterocycles. The predicted octanol–water partition coefficient (Wildman–Crippen LogP) is 7.46. The van der Waals surface area contributed by atoms with E-state index in [1.54, 1.807) is 27.4 Å². The average molecular weight is 539 g/mol. The summed E-state index contributed by atoms with van der Waals surface area (Å²) in [4.78, 5) is 11.9. The van der Waals surface area contributed by atoms with Crippen LogP contribution in [0.3, 0.4) is 0 Å². The lowest BCUT2D eigenvalue weighted by atomic mass is 9.92. The fraction of sp³-hybridized carbons (Fsp3) is 0.500. The molecule has 1 unspecified atom stereocenters. The lowest BCUT2D eigenvalue weighted by Gasteiger charge is -2.20. The molecule has 0 radical (unpaired) electrons. The van der Waals surface area contributed by atoms with Crippen LogP contribution in [0, 0.1) is 19.3 Å². The van der Waals surface area contributed by atoms with Gasteiger partial charge in [-0.1, -0.05) is 32.0 Å². The van der Waals surface area contributed by atoms with E-state index in [2.05, 4.69) is 49.7 Å². The number of aromatic hydroxyl groups is 1. The Morgan fingerprint density at radius 2 is 1.67 bits per heavy atom. The molecule has 0 fully saturated rings. The Bertz CT molecular complexity index is 1050. The van der Waals surface area contributed by atoms with E-state index in [0.29, 0.717) is 10.2 Å². The first kappa shape index (κ1) is 27.6. The number of carbonyl (C=O) groups is 1. The van der Waals surface area contributed by atoms with Gasteiger partial charge in [-0.05, 0) is 102 Å². The number of ether oxygens (including phenoxy) is 1. The van der Waals surface area contributed by atoms with Crippen molar-refractivity contribution >= 4 is 29.3 Å². The molecule has 0 bridgehead atoms. The maximum Gasteiger partial charge on any atom is 0.313 e. The highest BCUT2D eigenvalue weighted by atomic mass is 79.9. The van der Waals surface area contributed by atoms with Crippen LogP contribution >= 0.6 is 23.3 Å². The molecule has 0 amide bonds. The number of phenolic OH excluding ortho intramolecular Hbond substituents is 1. The van der Waals surface area contributed by atoms with Crippen molar-refractivity contribution in [1.82, 2.24) is 0 Å². The van der Waals surface area contributed by atoms with E-state index in [4.69, 9.17) is 9.26 Å². The summed E-state index contributed by atoms with van der Waals surface area (Å²) in [5.41, 5.74) is 5.76. The van der Waals surface area contributed by atoms with E-state index < -0.39 is 12.8 Å². The van der Waals surface area contributed by atoms with Crippen LogP contribution in [0.4, 0.5) is 0 Å². The van der Waals surface area contributed by atoms with Gasteiger partial charge >= 0.3 is 5.97 Å². The van der Waals surface area contributed by atoms with Crippen molar-refractivity contribution < 1.29 is 23.7 Å². The van der Waals surface area contributed by atoms with Gasteiger partial charge in [0.1, 0.15) is 5.75 Å². The van der Waals surface area contributed by atoms with Crippen molar-refractivity contribution in [2.75, 3.05) is 13.5 Å². The van der Waals surface area contributed by atoms with E-state index in [9.17, 15) is 14.5 Å². The van der Waals surface area contributed by atoms with Gasteiger partial charge in [-0.25, -0.2) is 0 Å². The summed E-state index contributed by atoms with van der Waals surface area (Å²) in [6, 6.07) is 8.11. The summed E-state index contributed by atoms with van der Waals surface area (Å²) >= 11 is 3.47. The maximum atomic E-state index is 12.9. The summed E-state index contributed by atoms with van der Waals surface area (Å²) in [7, 11) is -2.99. The van der Waals surface area contributed by atoms with Crippen molar-refractivity contribution in [2.45, 2.75) is 67.0 Å². The minimum atomic E-state index is -2.99. The van der Waals surface area contributed by atoms with E-state index in [1.807, 2.05) is 18.2 Å². The molecule has 33 heavy (non-hydrogen) atoms. The Hall–Kier alpha value is -1.62. The summed E-state index contributed by atoms with van der Waals surface area (Å²) < 4.78 is 24.2. The number of esters is 1. The zero-order valence-corrected chi connectivity index (χ0v) is 23.4. The number of aryl methyl sites for hydroxylation is 2. The third-order valence-electron chi connectivity index (χ3n) is 5.51. The normalized spacial score (nSPS) is 13.8. The number of hydrogen-bond acceptors (Lipinski definition) is 5. The second-order valence-electron chi connectivity index (χ2n) is 10.2. The zero-order chi connectivity index (χ0) is 25.1. The molecule has 0 aromatic heterocycles. The molecular formula is C26H36BrO5P. The van der Waals surface area contributed by atoms with Gasteiger partial charge in [-0.3, -0.25) is 13.9 Å². The molecule has 7 heteroatoms. The highest BCUT2D eigenvalue weighted by Crippen LogP contribution is 2.46. The quantitative estimate of drug-likeness (QED) is 0.214. The third-order valence-corrected chi connectivity index (χ3v) is 7.71. The number of phenols is 1. The molecular weight excluding hydrogens is 503 g/mol. The Kier molecular flexibility index (Phi) is 9.00. The summed E-state index contributed by atoms with van der Waals surface area (Å²) in [6.07, 6.45) is 1.00. The van der Waals surface area contributed by atoms with Crippen LogP contribution in [0.5, 0.6) is 5.75 Å². The van der Waals surface area contributed by atoms with Gasteiger partial charge in [-0.15, -0.1) is 0 Å². The number of hydrogen-bond donors (Lipinski definition) is 1. The van der Waals surface area contributed by atoms with Crippen LogP contribution in [0.1, 0.15) is 73.9 Å². The van der Waals surface area contributed by atoms with Gasteiger partial charge in [0.15, 0.2) is 6.79 Å². The van der Waals surface area contributed by atoms with Crippen molar-refractivity contribution in [1.29, 1.82) is 0 Å². The second kappa shape index (κ2) is 10.8. The van der Waals surface area contributed by atoms with Gasteiger partial charge in [0.25, 0.3) is 0 Å². The van der Waals surface area contributed by atoms with Crippen LogP contribution in [0.15, 0.2) is 28.7 Å². The molecule has 182 valence electrons. The molecule has 1 atom stereocenters. The van der Waals surface area contributed by atoms with Crippen molar-refractivity contribution in [3.05, 3.63) is 62.1 Å². The largest absolute Gasteiger partial charge is 0.506 e. The van der Waals surface area contributed by atoms with E-state index in [0.717, 1.165) is 34.2 Å². The maximum absolute atomic E-state index is 12.9. The van der Waals surface area contributed by atoms with Crippen LogP contribution < -0.4 is 0 Å². The summed E-state index contributed by atoms with van der Waals surface area (Å²) in [5.74, 6) is 0.122. The van der Waals surface area contributed by atoms with E-state index in [1.165, 1.54) is 5.56 Å². The van der Waals surface area contributed by atoms with Crippen LogP contribution in [-0.2, 0) is 31.2 Å². The highest BCUT2D eigenvalue weighted by Gasteiger charge is 2.25. The topological polar surface area (TPSA) is 72.8 Å². The van der Waals surface area contributed by atoms with Crippen LogP contribution in [-0.4, -0.2) is 24.5 Å². The first-order valence-corrected chi connectivity index (χ1v) is 14.1. The lowest BCUT2D eigenvalue weighted by Crippen LogP contribution is -2.23. The molecule has 0 heterocycles. The Morgan fingerprint density at radius 3 is 2.18 bits per heavy atom. The van der Waals surface area contributed by atoms with Crippen molar-refractivity contribution in [3.8, 4) is 5.75 Å². The first-order chi connectivity index (χ1) is 15.1. The molecule has 0 spiro atoms. The smallest absolute Gasteiger partial charge is 0.313 e. The van der Waals surface area contributed by atoms with Gasteiger partial charge in [0, 0.05) is 12.8 Å². The number of benzene rings is 2. The van der Waals surface area contributed by atoms with Gasteiger partial charge in [-0.2, -0.15) is 0 Å². The van der Waals surface area contributed by atoms with Gasteiger partial charge in [0.05, 0.1) is 9.89 Å². The number of halogens is 1. The molecule has 0 aliphatic rings. The third kappa shape index (κ3) is 7.70. The lowest BCUT2D eigenvalue weighted by molar-refractivity contribution is -0.159. The number of rotatable bonds is 8. The molecule has 2 rings (SSSR count). The Morgan fingerprint density at radius 1 is 1.09 bits per heavy atom. The fourth-order valence-corrected chi connectivity index (χ4v) is 5.40. The molecule has 2 aromatic rings. The van der Waals surface area contributed by atoms with Crippen molar-refractivity contribution in [3.63, 3.8) is 0 Å². The van der Waals surface area contributed by atoms with Crippen LogP contribution in [0.25, 0.3) is 0 Å². The number of carbonyl (C=O) groups excluding carboxylic acids is 1. The Labute approximate surface area is 206 Å². The summed E-state index contributed by atoms with van der Waals surface area (Å²) in [6.45, 7) is 14.8. The van der Waals surface area contributed by atoms with Gasteiger partial charge < -0.3 is 9.84 Å². The molecule has 2 aromatic carbocycles. The standard InChI is InChI=1S/C26H36BrO5P/c1-16(2)21-11-19(13-23(27)24(21)28)12-22-17(3)9-20(10-18(22)4)14-33(8,30)32-15-31-25(29)26(5,6)7/h9-11,13,16,28H,12,14-15H2,1-8H3. The SMILES string of the molecule is Cc1cc(CP(C)(=O)OCOC(=O)C(C)(C)C)cc(C)c1Cc1cc(Br)c(O)c(C(C)C)c1. The second-order valence-corrected chi connectivity index (χ2v) is 13.6.